The van der Waals surface area contributed by atoms with Crippen molar-refractivity contribution in [3.8, 4) is 5.75 Å². The van der Waals surface area contributed by atoms with Gasteiger partial charge in [-0.25, -0.2) is 0 Å². The molecule has 1 aliphatic rings. The molecule has 1 heterocycles. The molecular formula is C14H20BrNO2. The highest BCUT2D eigenvalue weighted by atomic mass is 79.9. The third-order valence-electron chi connectivity index (χ3n) is 3.18. The van der Waals surface area contributed by atoms with Gasteiger partial charge < -0.3 is 15.2 Å². The molecule has 1 aliphatic heterocycles. The minimum atomic E-state index is 0.0389. The van der Waals surface area contributed by atoms with E-state index in [1.807, 2.05) is 25.1 Å². The molecule has 0 radical (unpaired) electrons. The summed E-state index contributed by atoms with van der Waals surface area (Å²) >= 11 is 3.52. The van der Waals surface area contributed by atoms with Crippen LogP contribution in [0.25, 0.3) is 0 Å². The van der Waals surface area contributed by atoms with Gasteiger partial charge in [0.1, 0.15) is 12.4 Å². The molecule has 0 spiro atoms. The van der Waals surface area contributed by atoms with Gasteiger partial charge in [0.2, 0.25) is 0 Å². The van der Waals surface area contributed by atoms with Crippen LogP contribution in [-0.2, 0) is 4.74 Å². The van der Waals surface area contributed by atoms with Gasteiger partial charge in [0.05, 0.1) is 10.6 Å². The molecule has 1 aromatic carbocycles. The Hall–Kier alpha value is -0.580. The molecule has 1 saturated heterocycles. The van der Waals surface area contributed by atoms with E-state index in [-0.39, 0.29) is 12.1 Å². The van der Waals surface area contributed by atoms with Gasteiger partial charge in [0.25, 0.3) is 0 Å². The van der Waals surface area contributed by atoms with E-state index in [0.29, 0.717) is 6.61 Å². The summed E-state index contributed by atoms with van der Waals surface area (Å²) in [5, 5.41) is 0. The summed E-state index contributed by atoms with van der Waals surface area (Å²) in [6.07, 6.45) is 3.73. The fourth-order valence-electron chi connectivity index (χ4n) is 2.04. The quantitative estimate of drug-likeness (QED) is 0.926. The van der Waals surface area contributed by atoms with Crippen LogP contribution in [0.4, 0.5) is 0 Å². The maximum absolute atomic E-state index is 5.84. The van der Waals surface area contributed by atoms with Crippen LogP contribution < -0.4 is 10.5 Å². The Morgan fingerprint density at radius 1 is 1.50 bits per heavy atom. The Morgan fingerprint density at radius 2 is 2.33 bits per heavy atom. The van der Waals surface area contributed by atoms with Crippen molar-refractivity contribution in [2.24, 2.45) is 5.73 Å². The van der Waals surface area contributed by atoms with Crippen molar-refractivity contribution in [1.82, 2.24) is 0 Å². The number of rotatable bonds is 4. The number of hydrogen-bond acceptors (Lipinski definition) is 3. The van der Waals surface area contributed by atoms with Gasteiger partial charge in [-0.1, -0.05) is 6.07 Å². The molecule has 2 atom stereocenters. The zero-order valence-corrected chi connectivity index (χ0v) is 12.3. The van der Waals surface area contributed by atoms with E-state index < -0.39 is 0 Å². The molecule has 18 heavy (non-hydrogen) atoms. The largest absolute Gasteiger partial charge is 0.490 e. The molecule has 4 heteroatoms. The normalized spacial score (nSPS) is 21.6. The number of benzene rings is 1. The monoisotopic (exact) mass is 313 g/mol. The first-order chi connectivity index (χ1) is 8.66. The summed E-state index contributed by atoms with van der Waals surface area (Å²) in [4.78, 5) is 0. The van der Waals surface area contributed by atoms with Gasteiger partial charge >= 0.3 is 0 Å². The number of nitrogens with two attached hydrogens (primary N) is 1. The highest BCUT2D eigenvalue weighted by Gasteiger charge is 2.15. The van der Waals surface area contributed by atoms with E-state index in [1.54, 1.807) is 0 Å². The fraction of sp³-hybridized carbons (Fsp3) is 0.571. The average Bonchev–Trinajstić information content (AvgIpc) is 2.38. The first-order valence-electron chi connectivity index (χ1n) is 6.46. The van der Waals surface area contributed by atoms with Crippen molar-refractivity contribution in [2.45, 2.75) is 38.3 Å². The van der Waals surface area contributed by atoms with Crippen LogP contribution in [-0.4, -0.2) is 19.3 Å². The zero-order chi connectivity index (χ0) is 13.0. The third-order valence-corrected chi connectivity index (χ3v) is 3.80. The number of halogens is 1. The van der Waals surface area contributed by atoms with Crippen LogP contribution in [0.5, 0.6) is 5.75 Å². The molecule has 3 nitrogen and oxygen atoms in total. The second-order valence-corrected chi connectivity index (χ2v) is 5.63. The molecule has 0 aromatic heterocycles. The smallest absolute Gasteiger partial charge is 0.133 e. The summed E-state index contributed by atoms with van der Waals surface area (Å²) in [5.74, 6) is 0.855. The minimum Gasteiger partial charge on any atom is -0.490 e. The van der Waals surface area contributed by atoms with Crippen molar-refractivity contribution < 1.29 is 9.47 Å². The van der Waals surface area contributed by atoms with Crippen LogP contribution in [0, 0.1) is 0 Å². The van der Waals surface area contributed by atoms with E-state index in [9.17, 15) is 0 Å². The lowest BCUT2D eigenvalue weighted by Gasteiger charge is -2.23. The Morgan fingerprint density at radius 3 is 2.94 bits per heavy atom. The average molecular weight is 314 g/mol. The Bertz CT molecular complexity index is 389. The molecule has 0 aliphatic carbocycles. The molecular weight excluding hydrogens is 294 g/mol. The standard InChI is InChI=1S/C14H20BrNO2/c1-10(16)11-5-6-14(13(15)8-11)18-9-12-4-2-3-7-17-12/h5-6,8,10,12H,2-4,7,9,16H2,1H3. The van der Waals surface area contributed by atoms with Crippen LogP contribution in [0.15, 0.2) is 22.7 Å². The van der Waals surface area contributed by atoms with Crippen molar-refractivity contribution in [3.05, 3.63) is 28.2 Å². The highest BCUT2D eigenvalue weighted by molar-refractivity contribution is 9.10. The fourth-order valence-corrected chi connectivity index (χ4v) is 2.55. The molecule has 0 bridgehead atoms. The SMILES string of the molecule is CC(N)c1ccc(OCC2CCCCO2)c(Br)c1. The van der Waals surface area contributed by atoms with E-state index in [4.69, 9.17) is 15.2 Å². The summed E-state index contributed by atoms with van der Waals surface area (Å²) in [5.41, 5.74) is 6.94. The molecule has 2 N–H and O–H groups in total. The summed E-state index contributed by atoms with van der Waals surface area (Å²) in [6.45, 7) is 3.45. The second-order valence-electron chi connectivity index (χ2n) is 4.78. The molecule has 2 rings (SSSR count). The Kier molecular flexibility index (Phi) is 5.03. The molecule has 1 fully saturated rings. The molecule has 0 amide bonds. The van der Waals surface area contributed by atoms with Crippen molar-refractivity contribution in [3.63, 3.8) is 0 Å². The van der Waals surface area contributed by atoms with Gasteiger partial charge in [0.15, 0.2) is 0 Å². The molecule has 0 saturated carbocycles. The zero-order valence-electron chi connectivity index (χ0n) is 10.7. The van der Waals surface area contributed by atoms with Gasteiger partial charge in [0, 0.05) is 12.6 Å². The van der Waals surface area contributed by atoms with Crippen molar-refractivity contribution >= 4 is 15.9 Å². The summed E-state index contributed by atoms with van der Waals surface area (Å²) < 4.78 is 12.4. The third kappa shape index (κ3) is 3.70. The van der Waals surface area contributed by atoms with Crippen LogP contribution in [0.2, 0.25) is 0 Å². The lowest BCUT2D eigenvalue weighted by atomic mass is 10.1. The highest BCUT2D eigenvalue weighted by Crippen LogP contribution is 2.28. The lowest BCUT2D eigenvalue weighted by Crippen LogP contribution is -2.25. The number of ether oxygens (including phenoxy) is 2. The van der Waals surface area contributed by atoms with E-state index in [2.05, 4.69) is 15.9 Å². The van der Waals surface area contributed by atoms with Gasteiger partial charge in [-0.05, 0) is 59.8 Å². The Labute approximate surface area is 117 Å². The van der Waals surface area contributed by atoms with Crippen LogP contribution in [0.3, 0.4) is 0 Å². The maximum atomic E-state index is 5.84. The van der Waals surface area contributed by atoms with Crippen LogP contribution >= 0.6 is 15.9 Å². The van der Waals surface area contributed by atoms with Gasteiger partial charge in [-0.2, -0.15) is 0 Å². The Balaban J connectivity index is 1.92. The topological polar surface area (TPSA) is 44.5 Å². The predicted octanol–water partition coefficient (Wildman–Crippen LogP) is 3.42. The predicted molar refractivity (Wildman–Crippen MR) is 75.8 cm³/mol. The van der Waals surface area contributed by atoms with E-state index in [1.165, 1.54) is 12.8 Å². The van der Waals surface area contributed by atoms with Crippen LogP contribution in [0.1, 0.15) is 37.8 Å². The second kappa shape index (κ2) is 6.55. The lowest BCUT2D eigenvalue weighted by molar-refractivity contribution is -0.0112. The van der Waals surface area contributed by atoms with Gasteiger partial charge in [-0.3, -0.25) is 0 Å². The summed E-state index contributed by atoms with van der Waals surface area (Å²) in [7, 11) is 0. The maximum Gasteiger partial charge on any atom is 0.133 e. The first-order valence-corrected chi connectivity index (χ1v) is 7.25. The molecule has 2 unspecified atom stereocenters. The van der Waals surface area contributed by atoms with Gasteiger partial charge in [-0.15, -0.1) is 0 Å². The molecule has 1 aromatic rings. The van der Waals surface area contributed by atoms with E-state index in [0.717, 1.165) is 28.8 Å². The number of hydrogen-bond donors (Lipinski definition) is 1. The van der Waals surface area contributed by atoms with Crippen molar-refractivity contribution in [2.75, 3.05) is 13.2 Å². The summed E-state index contributed by atoms with van der Waals surface area (Å²) in [6, 6.07) is 6.02. The molecule has 100 valence electrons. The van der Waals surface area contributed by atoms with E-state index >= 15 is 0 Å². The minimum absolute atomic E-state index is 0.0389. The first kappa shape index (κ1) is 13.8. The van der Waals surface area contributed by atoms with Crippen molar-refractivity contribution in [1.29, 1.82) is 0 Å².